The number of aromatic nitrogens is 2. The van der Waals surface area contributed by atoms with E-state index < -0.39 is 17.7 Å². The topological polar surface area (TPSA) is 129 Å². The van der Waals surface area contributed by atoms with Crippen molar-refractivity contribution in [3.8, 4) is 22.4 Å². The summed E-state index contributed by atoms with van der Waals surface area (Å²) in [5, 5.41) is 2.71. The molecule has 7 rings (SSSR count). The molecule has 11 nitrogen and oxygen atoms in total. The molecule has 2 saturated heterocycles. The van der Waals surface area contributed by atoms with Gasteiger partial charge in [0, 0.05) is 37.0 Å². The van der Waals surface area contributed by atoms with E-state index in [0.717, 1.165) is 53.7 Å². The Kier molecular flexibility index (Phi) is 10.4. The number of carbonyl (C=O) groups excluding carboxylic acids is 3. The van der Waals surface area contributed by atoms with Crippen LogP contribution in [0.1, 0.15) is 81.9 Å². The Morgan fingerprint density at radius 3 is 2.30 bits per heavy atom. The smallest absolute Gasteiger partial charge is 0.410 e. The fraction of sp³-hybridized carbons (Fsp3) is 0.357. The van der Waals surface area contributed by atoms with Crippen molar-refractivity contribution in [2.45, 2.75) is 76.6 Å². The SMILES string of the molecule is COC(=O)N[C@@H](C(=O)N1CCC[C@H]1C1=NC=C(c2ccc(-c3ccc(-c4cnc([C@@H]5CCCN5C(=O)OC(C)(C)C)[nH]4)c(F)c3)cc2)C1)c1ccccc1. The van der Waals surface area contributed by atoms with E-state index in [9.17, 15) is 14.4 Å². The first-order chi connectivity index (χ1) is 26.0. The zero-order valence-electron chi connectivity index (χ0n) is 31.0. The van der Waals surface area contributed by atoms with Gasteiger partial charge in [0.05, 0.1) is 31.1 Å². The number of ether oxygens (including phenoxy) is 2. The molecule has 3 aliphatic rings. The summed E-state index contributed by atoms with van der Waals surface area (Å²) in [4.78, 5) is 54.9. The number of allylic oxidation sites excluding steroid dienone is 1. The summed E-state index contributed by atoms with van der Waals surface area (Å²) in [5.41, 5.74) is 5.57. The second-order valence-electron chi connectivity index (χ2n) is 14.9. The van der Waals surface area contributed by atoms with E-state index in [1.54, 1.807) is 17.2 Å². The second kappa shape index (κ2) is 15.3. The summed E-state index contributed by atoms with van der Waals surface area (Å²) in [6, 6.07) is 21.0. The lowest BCUT2D eigenvalue weighted by molar-refractivity contribution is -0.133. The lowest BCUT2D eigenvalue weighted by atomic mass is 9.96. The molecule has 0 bridgehead atoms. The van der Waals surface area contributed by atoms with Gasteiger partial charge in [-0.25, -0.2) is 19.0 Å². The van der Waals surface area contributed by atoms with Gasteiger partial charge in [-0.15, -0.1) is 0 Å². The third-order valence-electron chi connectivity index (χ3n) is 10.1. The Bertz CT molecular complexity index is 2090. The van der Waals surface area contributed by atoms with Gasteiger partial charge in [0.15, 0.2) is 0 Å². The minimum Gasteiger partial charge on any atom is -0.453 e. The van der Waals surface area contributed by atoms with Gasteiger partial charge in [-0.05, 0) is 86.4 Å². The van der Waals surface area contributed by atoms with Crippen molar-refractivity contribution in [2.24, 2.45) is 4.99 Å². The predicted octanol–water partition coefficient (Wildman–Crippen LogP) is 8.23. The highest BCUT2D eigenvalue weighted by Crippen LogP contribution is 2.35. The number of aliphatic imine (C=N–C) groups is 1. The van der Waals surface area contributed by atoms with Crippen LogP contribution in [-0.2, 0) is 14.3 Å². The van der Waals surface area contributed by atoms with Crippen molar-refractivity contribution in [2.75, 3.05) is 20.2 Å². The second-order valence-corrected chi connectivity index (χ2v) is 14.9. The number of rotatable bonds is 8. The molecule has 0 aliphatic carbocycles. The average Bonchev–Trinajstić information content (AvgIpc) is 4.00. The summed E-state index contributed by atoms with van der Waals surface area (Å²) < 4.78 is 26.0. The lowest BCUT2D eigenvalue weighted by Gasteiger charge is -2.29. The molecule has 2 fully saturated rings. The molecule has 3 aromatic carbocycles. The van der Waals surface area contributed by atoms with Crippen molar-refractivity contribution in [3.05, 3.63) is 108 Å². The van der Waals surface area contributed by atoms with Crippen LogP contribution in [0.3, 0.4) is 0 Å². The molecule has 0 radical (unpaired) electrons. The Labute approximate surface area is 314 Å². The van der Waals surface area contributed by atoms with Gasteiger partial charge in [-0.2, -0.15) is 0 Å². The molecule has 54 heavy (non-hydrogen) atoms. The number of imidazole rings is 1. The van der Waals surface area contributed by atoms with E-state index in [4.69, 9.17) is 14.5 Å². The maximum absolute atomic E-state index is 15.6. The van der Waals surface area contributed by atoms with Crippen LogP contribution in [0.25, 0.3) is 28.0 Å². The maximum atomic E-state index is 15.6. The Morgan fingerprint density at radius 2 is 1.59 bits per heavy atom. The molecule has 0 spiro atoms. The molecule has 4 heterocycles. The van der Waals surface area contributed by atoms with Gasteiger partial charge in [-0.1, -0.05) is 60.7 Å². The van der Waals surface area contributed by atoms with E-state index in [2.05, 4.69) is 15.3 Å². The lowest BCUT2D eigenvalue weighted by Crippen LogP contribution is -2.47. The zero-order chi connectivity index (χ0) is 38.0. The van der Waals surface area contributed by atoms with Gasteiger partial charge >= 0.3 is 12.2 Å². The first-order valence-corrected chi connectivity index (χ1v) is 18.4. The van der Waals surface area contributed by atoms with E-state index in [1.165, 1.54) is 13.2 Å². The molecular formula is C42H45FN6O5. The maximum Gasteiger partial charge on any atom is 0.410 e. The van der Waals surface area contributed by atoms with Crippen LogP contribution in [-0.4, -0.2) is 75.4 Å². The number of amides is 3. The standard InChI is InChI=1S/C42H45FN6O5/c1-42(2,3)54-41(52)49-21-9-13-36(49)38-45-25-34(46-38)31-19-18-29(22-32(31)43)26-14-16-27(17-15-26)30-23-33(44-24-30)35-12-8-20-48(35)39(50)37(47-40(51)53-4)28-10-6-5-7-11-28/h5-7,10-11,14-19,22,24-25,35-37H,8-9,12-13,20-21,23H2,1-4H3,(H,45,46)(H,47,51)/t35-,36-,37+/m0/s1. The van der Waals surface area contributed by atoms with Crippen molar-refractivity contribution in [1.29, 1.82) is 0 Å². The largest absolute Gasteiger partial charge is 0.453 e. The van der Waals surface area contributed by atoms with Crippen LogP contribution in [0.15, 0.2) is 90.2 Å². The highest BCUT2D eigenvalue weighted by Gasteiger charge is 2.38. The van der Waals surface area contributed by atoms with Gasteiger partial charge < -0.3 is 24.7 Å². The molecule has 3 aliphatic heterocycles. The van der Waals surface area contributed by atoms with E-state index in [0.29, 0.717) is 42.2 Å². The Hall–Kier alpha value is -5.78. The molecule has 280 valence electrons. The molecule has 0 unspecified atom stereocenters. The van der Waals surface area contributed by atoms with Crippen molar-refractivity contribution in [1.82, 2.24) is 25.1 Å². The number of methoxy groups -OCH3 is 1. The summed E-state index contributed by atoms with van der Waals surface area (Å²) >= 11 is 0. The van der Waals surface area contributed by atoms with Gasteiger partial charge in [0.25, 0.3) is 0 Å². The Morgan fingerprint density at radius 1 is 0.907 bits per heavy atom. The number of halogens is 1. The fourth-order valence-electron chi connectivity index (χ4n) is 7.50. The summed E-state index contributed by atoms with van der Waals surface area (Å²) in [5.74, 6) is 0.0325. The molecular weight excluding hydrogens is 687 g/mol. The molecule has 1 aromatic heterocycles. The molecule has 3 amide bonds. The number of likely N-dealkylation sites (tertiary alicyclic amines) is 2. The summed E-state index contributed by atoms with van der Waals surface area (Å²) in [6.07, 6.45) is 6.23. The molecule has 0 saturated carbocycles. The number of benzene rings is 3. The predicted molar refractivity (Wildman–Crippen MR) is 204 cm³/mol. The normalized spacial score (nSPS) is 19.0. The van der Waals surface area contributed by atoms with Crippen LogP contribution in [0.2, 0.25) is 0 Å². The van der Waals surface area contributed by atoms with E-state index in [1.807, 2.05) is 92.5 Å². The quantitative estimate of drug-likeness (QED) is 0.188. The van der Waals surface area contributed by atoms with Crippen molar-refractivity contribution < 1.29 is 28.2 Å². The monoisotopic (exact) mass is 732 g/mol. The van der Waals surface area contributed by atoms with E-state index >= 15 is 4.39 Å². The highest BCUT2D eigenvalue weighted by molar-refractivity contribution is 6.04. The van der Waals surface area contributed by atoms with Gasteiger partial charge in [0.2, 0.25) is 5.91 Å². The number of hydrogen-bond acceptors (Lipinski definition) is 7. The number of nitrogens with one attached hydrogen (secondary N) is 2. The number of alkyl carbamates (subject to hydrolysis) is 1. The first-order valence-electron chi connectivity index (χ1n) is 18.4. The average molecular weight is 733 g/mol. The first kappa shape index (κ1) is 36.6. The van der Waals surface area contributed by atoms with Crippen molar-refractivity contribution in [3.63, 3.8) is 0 Å². The minimum atomic E-state index is -0.870. The van der Waals surface area contributed by atoms with E-state index in [-0.39, 0.29) is 29.9 Å². The highest BCUT2D eigenvalue weighted by atomic mass is 19.1. The molecule has 3 atom stereocenters. The number of carbonyl (C=O) groups is 3. The number of H-pyrrole nitrogens is 1. The molecule has 12 heteroatoms. The summed E-state index contributed by atoms with van der Waals surface area (Å²) in [6.45, 7) is 6.67. The van der Waals surface area contributed by atoms with Crippen molar-refractivity contribution >= 4 is 29.4 Å². The zero-order valence-corrected chi connectivity index (χ0v) is 31.0. The van der Waals surface area contributed by atoms with Crippen LogP contribution in [0, 0.1) is 5.82 Å². The number of hydrogen-bond donors (Lipinski definition) is 2. The molecule has 2 N–H and O–H groups in total. The Balaban J connectivity index is 0.997. The summed E-state index contributed by atoms with van der Waals surface area (Å²) in [7, 11) is 1.28. The van der Waals surface area contributed by atoms with Gasteiger partial charge in [-0.3, -0.25) is 14.7 Å². The minimum absolute atomic E-state index is 0.175. The van der Waals surface area contributed by atoms with Crippen LogP contribution < -0.4 is 5.32 Å². The number of aromatic amines is 1. The number of nitrogens with zero attached hydrogens (tertiary/aromatic N) is 4. The molecule has 4 aromatic rings. The fourth-order valence-corrected chi connectivity index (χ4v) is 7.50. The van der Waals surface area contributed by atoms with Crippen LogP contribution >= 0.6 is 0 Å². The third kappa shape index (κ3) is 7.78. The third-order valence-corrected chi connectivity index (χ3v) is 10.1. The van der Waals surface area contributed by atoms with Crippen LogP contribution in [0.4, 0.5) is 14.0 Å². The van der Waals surface area contributed by atoms with Gasteiger partial charge in [0.1, 0.15) is 23.3 Å². The van der Waals surface area contributed by atoms with Crippen LogP contribution in [0.5, 0.6) is 0 Å².